The molecule has 0 unspecified atom stereocenters. The summed E-state index contributed by atoms with van der Waals surface area (Å²) in [5.41, 5.74) is 0.679. The van der Waals surface area contributed by atoms with Gasteiger partial charge in [0.05, 0.1) is 23.1 Å². The number of rotatable bonds is 7. The average molecular weight is 398 g/mol. The predicted molar refractivity (Wildman–Crippen MR) is 106 cm³/mol. The Bertz CT molecular complexity index is 734. The van der Waals surface area contributed by atoms with Crippen LogP contribution in [0.4, 0.5) is 4.79 Å². The summed E-state index contributed by atoms with van der Waals surface area (Å²) in [6.07, 6.45) is 3.21. The van der Waals surface area contributed by atoms with Crippen molar-refractivity contribution in [3.63, 3.8) is 0 Å². The summed E-state index contributed by atoms with van der Waals surface area (Å²) in [7, 11) is 1.54. The molecular formula is C19H24ClNO4S. The first kappa shape index (κ1) is 20.6. The molecule has 1 aromatic carbocycles. The number of carbonyl (C=O) groups excluding carboxylic acids is 2. The highest BCUT2D eigenvalue weighted by Gasteiger charge is 2.37. The maximum absolute atomic E-state index is 12.5. The van der Waals surface area contributed by atoms with Crippen LogP contribution >= 0.6 is 23.4 Å². The van der Waals surface area contributed by atoms with E-state index in [1.54, 1.807) is 18.2 Å². The highest BCUT2D eigenvalue weighted by atomic mass is 35.5. The monoisotopic (exact) mass is 397 g/mol. The Morgan fingerprint density at radius 2 is 1.92 bits per heavy atom. The number of methoxy groups -OCH3 is 1. The molecule has 7 heteroatoms. The van der Waals surface area contributed by atoms with Gasteiger partial charge in [0.25, 0.3) is 11.1 Å². The van der Waals surface area contributed by atoms with Crippen LogP contribution in [-0.4, -0.2) is 35.3 Å². The molecule has 0 radical (unpaired) electrons. The van der Waals surface area contributed by atoms with Crippen molar-refractivity contribution in [2.75, 3.05) is 7.11 Å². The number of halogens is 1. The molecule has 0 aliphatic carbocycles. The van der Waals surface area contributed by atoms with Crippen LogP contribution in [0.3, 0.4) is 0 Å². The van der Waals surface area contributed by atoms with Gasteiger partial charge in [-0.15, -0.1) is 0 Å². The molecule has 0 spiro atoms. The standard InChI is InChI=1S/C19H24ClNO4S/c1-6-11(3)21-18(22)16(26-19(21)23)10-13-8-14(20)17(15(9-13)24-5)25-12(4)7-2/h8-12H,6-7H2,1-5H3/b16-10+/t11-,12+/m1/s1. The van der Waals surface area contributed by atoms with Crippen LogP contribution in [-0.2, 0) is 4.79 Å². The van der Waals surface area contributed by atoms with Gasteiger partial charge in [-0.1, -0.05) is 25.4 Å². The number of imide groups is 1. The minimum atomic E-state index is -0.274. The number of hydrogen-bond donors (Lipinski definition) is 0. The molecule has 2 atom stereocenters. The fourth-order valence-electron chi connectivity index (χ4n) is 2.42. The molecule has 0 saturated carbocycles. The van der Waals surface area contributed by atoms with Crippen LogP contribution in [0.2, 0.25) is 5.02 Å². The first-order chi connectivity index (χ1) is 12.3. The lowest BCUT2D eigenvalue weighted by atomic mass is 10.1. The summed E-state index contributed by atoms with van der Waals surface area (Å²) in [4.78, 5) is 26.4. The number of nitrogens with zero attached hydrogens (tertiary/aromatic N) is 1. The molecule has 0 bridgehead atoms. The van der Waals surface area contributed by atoms with Crippen molar-refractivity contribution in [1.29, 1.82) is 0 Å². The summed E-state index contributed by atoms with van der Waals surface area (Å²) in [6.45, 7) is 7.78. The lowest BCUT2D eigenvalue weighted by Crippen LogP contribution is -2.36. The van der Waals surface area contributed by atoms with Gasteiger partial charge in [-0.05, 0) is 62.2 Å². The summed E-state index contributed by atoms with van der Waals surface area (Å²) in [6, 6.07) is 3.33. The second-order valence-electron chi connectivity index (χ2n) is 6.18. The quantitative estimate of drug-likeness (QED) is 0.579. The van der Waals surface area contributed by atoms with Crippen molar-refractivity contribution in [2.45, 2.75) is 52.7 Å². The second kappa shape index (κ2) is 8.82. The van der Waals surface area contributed by atoms with Crippen LogP contribution < -0.4 is 9.47 Å². The van der Waals surface area contributed by atoms with Gasteiger partial charge in [0.2, 0.25) is 0 Å². The zero-order chi connectivity index (χ0) is 19.4. The normalized spacial score (nSPS) is 18.4. The number of carbonyl (C=O) groups is 2. The van der Waals surface area contributed by atoms with Gasteiger partial charge in [0.1, 0.15) is 0 Å². The molecule has 5 nitrogen and oxygen atoms in total. The molecule has 1 aromatic rings. The Balaban J connectivity index is 2.35. The van der Waals surface area contributed by atoms with Gasteiger partial charge in [-0.3, -0.25) is 14.5 Å². The highest BCUT2D eigenvalue weighted by molar-refractivity contribution is 8.18. The first-order valence-corrected chi connectivity index (χ1v) is 9.83. The summed E-state index contributed by atoms with van der Waals surface area (Å²) in [5.74, 6) is 0.697. The van der Waals surface area contributed by atoms with E-state index in [9.17, 15) is 9.59 Å². The zero-order valence-corrected chi connectivity index (χ0v) is 17.2. The van der Waals surface area contributed by atoms with E-state index in [1.165, 1.54) is 12.0 Å². The van der Waals surface area contributed by atoms with E-state index in [-0.39, 0.29) is 23.3 Å². The number of amides is 2. The van der Waals surface area contributed by atoms with E-state index in [0.29, 0.717) is 33.4 Å². The van der Waals surface area contributed by atoms with E-state index in [4.69, 9.17) is 21.1 Å². The topological polar surface area (TPSA) is 55.8 Å². The third-order valence-electron chi connectivity index (χ3n) is 4.30. The summed E-state index contributed by atoms with van der Waals surface area (Å²) < 4.78 is 11.2. The van der Waals surface area contributed by atoms with Gasteiger partial charge in [-0.25, -0.2) is 0 Å². The van der Waals surface area contributed by atoms with Crippen molar-refractivity contribution in [3.8, 4) is 11.5 Å². The Hall–Kier alpha value is -1.66. The number of thioether (sulfide) groups is 1. The summed E-state index contributed by atoms with van der Waals surface area (Å²) >= 11 is 7.30. The van der Waals surface area contributed by atoms with Crippen LogP contribution in [0, 0.1) is 0 Å². The van der Waals surface area contributed by atoms with E-state index in [0.717, 1.165) is 18.2 Å². The third-order valence-corrected chi connectivity index (χ3v) is 5.46. The molecule has 1 saturated heterocycles. The van der Waals surface area contributed by atoms with Gasteiger partial charge in [0, 0.05) is 6.04 Å². The maximum Gasteiger partial charge on any atom is 0.293 e. The smallest absolute Gasteiger partial charge is 0.293 e. The van der Waals surface area contributed by atoms with Gasteiger partial charge in [0.15, 0.2) is 11.5 Å². The van der Waals surface area contributed by atoms with Crippen molar-refractivity contribution in [1.82, 2.24) is 4.90 Å². The molecule has 1 heterocycles. The SMILES string of the molecule is CC[C@@H](C)N1C(=O)S/C(=C/c2cc(Cl)c(O[C@@H](C)CC)c(OC)c2)C1=O. The number of hydrogen-bond acceptors (Lipinski definition) is 5. The minimum Gasteiger partial charge on any atom is -0.493 e. The Kier molecular flexibility index (Phi) is 7.01. The first-order valence-electron chi connectivity index (χ1n) is 8.63. The Morgan fingerprint density at radius 3 is 2.50 bits per heavy atom. The minimum absolute atomic E-state index is 0.000666. The number of benzene rings is 1. The molecule has 2 rings (SSSR count). The van der Waals surface area contributed by atoms with E-state index < -0.39 is 0 Å². The van der Waals surface area contributed by atoms with Crippen molar-refractivity contribution in [3.05, 3.63) is 27.6 Å². The van der Waals surface area contributed by atoms with Crippen LogP contribution in [0.25, 0.3) is 6.08 Å². The van der Waals surface area contributed by atoms with Crippen molar-refractivity contribution < 1.29 is 19.1 Å². The summed E-state index contributed by atoms with van der Waals surface area (Å²) in [5, 5.41) is 0.155. The fourth-order valence-corrected chi connectivity index (χ4v) is 3.61. The van der Waals surface area contributed by atoms with E-state index in [2.05, 4.69) is 0 Å². The lowest BCUT2D eigenvalue weighted by molar-refractivity contribution is -0.124. The molecule has 26 heavy (non-hydrogen) atoms. The van der Waals surface area contributed by atoms with Crippen LogP contribution in [0.15, 0.2) is 17.0 Å². The molecule has 0 N–H and O–H groups in total. The highest BCUT2D eigenvalue weighted by Crippen LogP contribution is 2.40. The van der Waals surface area contributed by atoms with Gasteiger partial charge in [-0.2, -0.15) is 0 Å². The van der Waals surface area contributed by atoms with Crippen LogP contribution in [0.1, 0.15) is 46.1 Å². The Morgan fingerprint density at radius 1 is 1.23 bits per heavy atom. The van der Waals surface area contributed by atoms with Crippen molar-refractivity contribution in [2.24, 2.45) is 0 Å². The van der Waals surface area contributed by atoms with Gasteiger partial charge < -0.3 is 9.47 Å². The zero-order valence-electron chi connectivity index (χ0n) is 15.7. The number of ether oxygens (including phenoxy) is 2. The molecule has 1 fully saturated rings. The molecule has 0 aromatic heterocycles. The lowest BCUT2D eigenvalue weighted by Gasteiger charge is -2.19. The Labute approximate surface area is 163 Å². The maximum atomic E-state index is 12.5. The fraction of sp³-hybridized carbons (Fsp3) is 0.474. The van der Waals surface area contributed by atoms with Gasteiger partial charge >= 0.3 is 0 Å². The second-order valence-corrected chi connectivity index (χ2v) is 7.58. The molecule has 142 valence electrons. The predicted octanol–water partition coefficient (Wildman–Crippen LogP) is 5.36. The molecule has 1 aliphatic rings. The van der Waals surface area contributed by atoms with Crippen LogP contribution in [0.5, 0.6) is 11.5 Å². The molecule has 2 amide bonds. The van der Waals surface area contributed by atoms with E-state index in [1.807, 2.05) is 27.7 Å². The largest absolute Gasteiger partial charge is 0.493 e. The average Bonchev–Trinajstić information content (AvgIpc) is 2.89. The molecule has 1 aliphatic heterocycles. The third kappa shape index (κ3) is 4.35. The molecular weight excluding hydrogens is 374 g/mol. The van der Waals surface area contributed by atoms with Crippen molar-refractivity contribution >= 4 is 40.6 Å². The van der Waals surface area contributed by atoms with E-state index >= 15 is 0 Å².